The molecule has 0 fully saturated rings. The van der Waals surface area contributed by atoms with Crippen LogP contribution in [0.3, 0.4) is 0 Å². The van der Waals surface area contributed by atoms with Crippen molar-refractivity contribution in [2.75, 3.05) is 34.3 Å². The quantitative estimate of drug-likeness (QED) is 0.804. The number of nitrogens with one attached hydrogen (secondary N) is 1. The summed E-state index contributed by atoms with van der Waals surface area (Å²) in [6, 6.07) is 1.75. The van der Waals surface area contributed by atoms with E-state index >= 15 is 0 Å². The number of aliphatic hydroxyl groups is 1. The number of carbonyl (C=O) groups excluding carboxylic acids is 1. The number of likely N-dealkylation sites (N-methyl/N-ethyl adjacent to an activating group) is 1. The first-order valence-electron chi connectivity index (χ1n) is 5.62. The first kappa shape index (κ1) is 14.9. The summed E-state index contributed by atoms with van der Waals surface area (Å²) in [5.41, 5.74) is -0.955. The van der Waals surface area contributed by atoms with Crippen molar-refractivity contribution in [1.82, 2.24) is 10.2 Å². The second-order valence-electron chi connectivity index (χ2n) is 4.74. The van der Waals surface area contributed by atoms with Gasteiger partial charge in [-0.05, 0) is 32.5 Å². The number of ether oxygens (including phenoxy) is 1. The minimum Gasteiger partial charge on any atom is -0.495 e. The summed E-state index contributed by atoms with van der Waals surface area (Å²) in [6.45, 7) is 2.37. The smallest absolute Gasteiger partial charge is 0.265 e. The molecule has 0 saturated carbocycles. The Balaban J connectivity index is 2.56. The normalized spacial score (nSPS) is 14.3. The number of hydrogen-bond acceptors (Lipinski definition) is 5. The predicted octanol–water partition coefficient (Wildman–Crippen LogP) is 0.799. The molecular weight excluding hydrogens is 252 g/mol. The van der Waals surface area contributed by atoms with Crippen LogP contribution in [-0.2, 0) is 0 Å². The van der Waals surface area contributed by atoms with E-state index in [9.17, 15) is 9.90 Å². The van der Waals surface area contributed by atoms with E-state index in [2.05, 4.69) is 5.32 Å². The lowest BCUT2D eigenvalue weighted by Gasteiger charge is -2.27. The van der Waals surface area contributed by atoms with Gasteiger partial charge in [-0.2, -0.15) is 0 Å². The topological polar surface area (TPSA) is 61.8 Å². The Kier molecular flexibility index (Phi) is 5.13. The lowest BCUT2D eigenvalue weighted by molar-refractivity contribution is 0.0326. The highest BCUT2D eigenvalue weighted by Crippen LogP contribution is 2.24. The molecule has 1 unspecified atom stereocenters. The summed E-state index contributed by atoms with van der Waals surface area (Å²) in [4.78, 5) is 14.3. The molecule has 0 aromatic carbocycles. The molecule has 0 bridgehead atoms. The van der Waals surface area contributed by atoms with Crippen molar-refractivity contribution in [2.45, 2.75) is 12.5 Å². The molecule has 102 valence electrons. The Labute approximate surface area is 111 Å². The summed E-state index contributed by atoms with van der Waals surface area (Å²) in [7, 11) is 5.28. The Morgan fingerprint density at radius 3 is 2.83 bits per heavy atom. The largest absolute Gasteiger partial charge is 0.495 e. The Hall–Kier alpha value is -1.11. The first-order chi connectivity index (χ1) is 8.35. The van der Waals surface area contributed by atoms with E-state index < -0.39 is 5.60 Å². The van der Waals surface area contributed by atoms with Crippen LogP contribution in [0.15, 0.2) is 11.4 Å². The molecule has 1 aromatic heterocycles. The molecule has 0 aliphatic rings. The molecule has 1 rings (SSSR count). The van der Waals surface area contributed by atoms with Crippen LogP contribution in [0.1, 0.15) is 16.6 Å². The summed E-state index contributed by atoms with van der Waals surface area (Å²) < 4.78 is 5.08. The molecule has 1 aromatic rings. The SMILES string of the molecule is COc1ccsc1C(=O)NCC(C)(O)CN(C)C. The summed E-state index contributed by atoms with van der Waals surface area (Å²) in [5, 5.41) is 14.6. The van der Waals surface area contributed by atoms with Crippen molar-refractivity contribution in [3.63, 3.8) is 0 Å². The van der Waals surface area contributed by atoms with Crippen LogP contribution in [0.25, 0.3) is 0 Å². The molecule has 0 spiro atoms. The Morgan fingerprint density at radius 1 is 1.61 bits per heavy atom. The highest BCUT2D eigenvalue weighted by Gasteiger charge is 2.23. The third-order valence-electron chi connectivity index (χ3n) is 2.34. The van der Waals surface area contributed by atoms with Crippen molar-refractivity contribution in [1.29, 1.82) is 0 Å². The van der Waals surface area contributed by atoms with Crippen LogP contribution >= 0.6 is 11.3 Å². The lowest BCUT2D eigenvalue weighted by Crippen LogP contribution is -2.47. The zero-order chi connectivity index (χ0) is 13.8. The lowest BCUT2D eigenvalue weighted by atomic mass is 10.1. The van der Waals surface area contributed by atoms with E-state index in [1.165, 1.54) is 18.4 Å². The maximum atomic E-state index is 11.9. The molecule has 5 nitrogen and oxygen atoms in total. The molecule has 6 heteroatoms. The maximum absolute atomic E-state index is 11.9. The van der Waals surface area contributed by atoms with Gasteiger partial charge >= 0.3 is 0 Å². The van der Waals surface area contributed by atoms with E-state index in [4.69, 9.17) is 4.74 Å². The molecule has 1 atom stereocenters. The van der Waals surface area contributed by atoms with Crippen molar-refractivity contribution in [2.24, 2.45) is 0 Å². The van der Waals surface area contributed by atoms with Gasteiger partial charge in [0, 0.05) is 13.1 Å². The average molecular weight is 272 g/mol. The molecule has 0 aliphatic carbocycles. The van der Waals surface area contributed by atoms with Gasteiger partial charge < -0.3 is 20.1 Å². The van der Waals surface area contributed by atoms with Crippen molar-refractivity contribution < 1.29 is 14.6 Å². The first-order valence-corrected chi connectivity index (χ1v) is 6.50. The van der Waals surface area contributed by atoms with Gasteiger partial charge in [0.1, 0.15) is 10.6 Å². The minimum absolute atomic E-state index is 0.199. The number of carbonyl (C=O) groups is 1. The van der Waals surface area contributed by atoms with Crippen molar-refractivity contribution in [3.8, 4) is 5.75 Å². The summed E-state index contributed by atoms with van der Waals surface area (Å²) in [6.07, 6.45) is 0. The van der Waals surface area contributed by atoms with Gasteiger partial charge in [-0.3, -0.25) is 4.79 Å². The summed E-state index contributed by atoms with van der Waals surface area (Å²) >= 11 is 1.32. The van der Waals surface area contributed by atoms with E-state index in [0.29, 0.717) is 17.2 Å². The highest BCUT2D eigenvalue weighted by atomic mass is 32.1. The Bertz CT molecular complexity index is 402. The van der Waals surface area contributed by atoms with E-state index in [1.807, 2.05) is 19.0 Å². The molecule has 18 heavy (non-hydrogen) atoms. The zero-order valence-electron chi connectivity index (χ0n) is 11.2. The van der Waals surface area contributed by atoms with Gasteiger partial charge in [0.15, 0.2) is 0 Å². The zero-order valence-corrected chi connectivity index (χ0v) is 12.0. The number of thiophene rings is 1. The van der Waals surface area contributed by atoms with Crippen molar-refractivity contribution in [3.05, 3.63) is 16.3 Å². The number of rotatable bonds is 6. The van der Waals surface area contributed by atoms with Crippen LogP contribution < -0.4 is 10.1 Å². The molecule has 1 heterocycles. The minimum atomic E-state index is -0.955. The number of nitrogens with zero attached hydrogens (tertiary/aromatic N) is 1. The monoisotopic (exact) mass is 272 g/mol. The van der Waals surface area contributed by atoms with E-state index in [0.717, 1.165) is 0 Å². The molecule has 2 N–H and O–H groups in total. The van der Waals surface area contributed by atoms with E-state index in [1.54, 1.807) is 18.4 Å². The number of amides is 1. The number of methoxy groups -OCH3 is 1. The highest BCUT2D eigenvalue weighted by molar-refractivity contribution is 7.12. The number of hydrogen-bond donors (Lipinski definition) is 2. The third-order valence-corrected chi connectivity index (χ3v) is 3.24. The van der Waals surface area contributed by atoms with Crippen LogP contribution in [-0.4, -0.2) is 55.8 Å². The molecular formula is C12H20N2O3S. The summed E-state index contributed by atoms with van der Waals surface area (Å²) in [5.74, 6) is 0.339. The van der Waals surface area contributed by atoms with Crippen LogP contribution in [0.5, 0.6) is 5.75 Å². The fourth-order valence-corrected chi connectivity index (χ4v) is 2.49. The average Bonchev–Trinajstić information content (AvgIpc) is 2.72. The standard InChI is InChI=1S/C12H20N2O3S/c1-12(16,8-14(2)3)7-13-11(15)10-9(17-4)5-6-18-10/h5-6,16H,7-8H2,1-4H3,(H,13,15). The molecule has 0 radical (unpaired) electrons. The maximum Gasteiger partial charge on any atom is 0.265 e. The van der Waals surface area contributed by atoms with Crippen molar-refractivity contribution >= 4 is 17.2 Å². The fraction of sp³-hybridized carbons (Fsp3) is 0.583. The van der Waals surface area contributed by atoms with Gasteiger partial charge in [-0.1, -0.05) is 0 Å². The predicted molar refractivity (Wildman–Crippen MR) is 72.4 cm³/mol. The Morgan fingerprint density at radius 2 is 2.28 bits per heavy atom. The fourth-order valence-electron chi connectivity index (χ4n) is 1.71. The second-order valence-corrected chi connectivity index (χ2v) is 5.65. The van der Waals surface area contributed by atoms with Gasteiger partial charge in [0.25, 0.3) is 5.91 Å². The van der Waals surface area contributed by atoms with E-state index in [-0.39, 0.29) is 12.5 Å². The van der Waals surface area contributed by atoms with Gasteiger partial charge in [0.05, 0.1) is 12.7 Å². The molecule has 1 amide bonds. The molecule has 0 saturated heterocycles. The second kappa shape index (κ2) is 6.17. The van der Waals surface area contributed by atoms with Gasteiger partial charge in [-0.25, -0.2) is 0 Å². The van der Waals surface area contributed by atoms with Gasteiger partial charge in [0.2, 0.25) is 0 Å². The van der Waals surface area contributed by atoms with Crippen LogP contribution in [0.2, 0.25) is 0 Å². The van der Waals surface area contributed by atoms with Gasteiger partial charge in [-0.15, -0.1) is 11.3 Å². The van der Waals surface area contributed by atoms with Crippen LogP contribution in [0.4, 0.5) is 0 Å². The molecule has 0 aliphatic heterocycles. The van der Waals surface area contributed by atoms with Crippen LogP contribution in [0, 0.1) is 0 Å². The third kappa shape index (κ3) is 4.29.